The molecule has 2 fully saturated rings. The van der Waals surface area contributed by atoms with Gasteiger partial charge in [-0.25, -0.2) is 8.78 Å². The van der Waals surface area contributed by atoms with Gasteiger partial charge in [-0.3, -0.25) is 9.69 Å². The number of carbonyl (C=O) groups excluding carboxylic acids is 1. The van der Waals surface area contributed by atoms with E-state index in [1.165, 1.54) is 12.1 Å². The fourth-order valence-electron chi connectivity index (χ4n) is 4.53. The summed E-state index contributed by atoms with van der Waals surface area (Å²) in [5.41, 5.74) is 1.60. The molecule has 2 saturated heterocycles. The molecule has 6 heteroatoms. The number of hydrogen-bond donors (Lipinski definition) is 0. The summed E-state index contributed by atoms with van der Waals surface area (Å²) in [6.07, 6.45) is 1.40. The van der Waals surface area contributed by atoms with Gasteiger partial charge >= 0.3 is 0 Å². The highest BCUT2D eigenvalue weighted by Gasteiger charge is 2.46. The Kier molecular flexibility index (Phi) is 5.54. The van der Waals surface area contributed by atoms with Gasteiger partial charge in [0.2, 0.25) is 5.91 Å². The number of ether oxygens (including phenoxy) is 1. The van der Waals surface area contributed by atoms with Crippen molar-refractivity contribution in [3.63, 3.8) is 0 Å². The van der Waals surface area contributed by atoms with Crippen LogP contribution in [0.5, 0.6) is 5.75 Å². The molecular formula is C23H26F2N2O2. The van der Waals surface area contributed by atoms with Gasteiger partial charge in [0.25, 0.3) is 0 Å². The van der Waals surface area contributed by atoms with Crippen molar-refractivity contribution >= 4 is 5.91 Å². The molecule has 29 heavy (non-hydrogen) atoms. The lowest BCUT2D eigenvalue weighted by atomic mass is 10.1. The normalized spacial score (nSPS) is 21.8. The van der Waals surface area contributed by atoms with Crippen molar-refractivity contribution in [2.75, 3.05) is 6.54 Å². The number of amides is 1. The van der Waals surface area contributed by atoms with E-state index in [9.17, 15) is 13.6 Å². The summed E-state index contributed by atoms with van der Waals surface area (Å²) in [7, 11) is 0. The van der Waals surface area contributed by atoms with Crippen LogP contribution in [0.25, 0.3) is 0 Å². The number of halogens is 2. The van der Waals surface area contributed by atoms with Crippen molar-refractivity contribution in [3.8, 4) is 5.75 Å². The average Bonchev–Trinajstić information content (AvgIpc) is 3.16. The summed E-state index contributed by atoms with van der Waals surface area (Å²) in [6.45, 7) is 5.86. The van der Waals surface area contributed by atoms with Gasteiger partial charge in [-0.2, -0.15) is 0 Å². The van der Waals surface area contributed by atoms with Crippen LogP contribution >= 0.6 is 0 Å². The minimum Gasteiger partial charge on any atom is -0.491 e. The molecule has 4 nitrogen and oxygen atoms in total. The fraction of sp³-hybridized carbons (Fsp3) is 0.435. The Hall–Kier alpha value is -2.47. The first-order chi connectivity index (χ1) is 13.9. The molecule has 0 aliphatic carbocycles. The van der Waals surface area contributed by atoms with Gasteiger partial charge in [0, 0.05) is 49.8 Å². The molecule has 2 aliphatic rings. The molecular weight excluding hydrogens is 374 g/mol. The molecule has 0 radical (unpaired) electrons. The molecule has 0 spiro atoms. The topological polar surface area (TPSA) is 32.8 Å². The quantitative estimate of drug-likeness (QED) is 0.731. The lowest BCUT2D eigenvalue weighted by Gasteiger charge is -2.26. The minimum absolute atomic E-state index is 0.0427. The third-order valence-corrected chi connectivity index (χ3v) is 5.71. The number of para-hydroxylation sites is 1. The molecule has 0 unspecified atom stereocenters. The maximum atomic E-state index is 13.5. The van der Waals surface area contributed by atoms with Gasteiger partial charge in [0.1, 0.15) is 17.4 Å². The maximum Gasteiger partial charge on any atom is 0.224 e. The van der Waals surface area contributed by atoms with Crippen molar-refractivity contribution in [2.45, 2.75) is 58.0 Å². The predicted octanol–water partition coefficient (Wildman–Crippen LogP) is 4.13. The van der Waals surface area contributed by atoms with Crippen molar-refractivity contribution in [1.82, 2.24) is 9.80 Å². The lowest BCUT2D eigenvalue weighted by Crippen LogP contribution is -2.36. The number of rotatable bonds is 6. The summed E-state index contributed by atoms with van der Waals surface area (Å²) >= 11 is 0. The molecule has 154 valence electrons. The second-order valence-corrected chi connectivity index (χ2v) is 8.17. The number of hydrogen-bond acceptors (Lipinski definition) is 3. The summed E-state index contributed by atoms with van der Waals surface area (Å²) < 4.78 is 33.0. The Morgan fingerprint density at radius 1 is 1.07 bits per heavy atom. The van der Waals surface area contributed by atoms with E-state index in [-0.39, 0.29) is 30.6 Å². The highest BCUT2D eigenvalue weighted by atomic mass is 19.1. The molecule has 2 aromatic carbocycles. The van der Waals surface area contributed by atoms with Crippen LogP contribution in [0.3, 0.4) is 0 Å². The van der Waals surface area contributed by atoms with Crippen LogP contribution in [0.15, 0.2) is 42.5 Å². The second kappa shape index (κ2) is 8.11. The van der Waals surface area contributed by atoms with Crippen LogP contribution in [0.2, 0.25) is 0 Å². The van der Waals surface area contributed by atoms with Crippen molar-refractivity contribution in [2.24, 2.45) is 0 Å². The summed E-state index contributed by atoms with van der Waals surface area (Å²) in [5.74, 6) is -0.306. The summed E-state index contributed by atoms with van der Waals surface area (Å²) in [5, 5.41) is 0. The van der Waals surface area contributed by atoms with E-state index in [0.717, 1.165) is 36.9 Å². The Morgan fingerprint density at radius 2 is 1.79 bits per heavy atom. The molecule has 2 atom stereocenters. The monoisotopic (exact) mass is 400 g/mol. The molecule has 0 bridgehead atoms. The molecule has 2 aromatic rings. The SMILES string of the molecule is CC(C)Oc1ccccc1CN1CC[C@H]2[C@@H]1CC(=O)N2Cc1cc(F)cc(F)c1. The second-order valence-electron chi connectivity index (χ2n) is 8.17. The Bertz CT molecular complexity index is 882. The van der Waals surface area contributed by atoms with Gasteiger partial charge in [-0.05, 0) is 44.0 Å². The zero-order chi connectivity index (χ0) is 20.5. The first kappa shape index (κ1) is 19.8. The van der Waals surface area contributed by atoms with E-state index in [2.05, 4.69) is 11.0 Å². The predicted molar refractivity (Wildman–Crippen MR) is 106 cm³/mol. The van der Waals surface area contributed by atoms with Crippen LogP contribution in [-0.4, -0.2) is 40.4 Å². The summed E-state index contributed by atoms with van der Waals surface area (Å²) in [4.78, 5) is 16.8. The van der Waals surface area contributed by atoms with Crippen LogP contribution in [-0.2, 0) is 17.9 Å². The van der Waals surface area contributed by atoms with Crippen LogP contribution < -0.4 is 4.74 Å². The lowest BCUT2D eigenvalue weighted by molar-refractivity contribution is -0.129. The Morgan fingerprint density at radius 3 is 2.52 bits per heavy atom. The van der Waals surface area contributed by atoms with E-state index in [4.69, 9.17) is 4.74 Å². The molecule has 4 rings (SSSR count). The fourth-order valence-corrected chi connectivity index (χ4v) is 4.53. The van der Waals surface area contributed by atoms with Gasteiger partial charge < -0.3 is 9.64 Å². The zero-order valence-corrected chi connectivity index (χ0v) is 16.8. The van der Waals surface area contributed by atoms with E-state index in [1.807, 2.05) is 32.0 Å². The first-order valence-electron chi connectivity index (χ1n) is 10.1. The van der Waals surface area contributed by atoms with E-state index in [1.54, 1.807) is 4.90 Å². The van der Waals surface area contributed by atoms with E-state index >= 15 is 0 Å². The third kappa shape index (κ3) is 4.27. The van der Waals surface area contributed by atoms with Crippen molar-refractivity contribution in [3.05, 3.63) is 65.2 Å². The molecule has 2 heterocycles. The van der Waals surface area contributed by atoms with Crippen LogP contribution in [0.4, 0.5) is 8.78 Å². The highest BCUT2D eigenvalue weighted by Crippen LogP contribution is 2.35. The highest BCUT2D eigenvalue weighted by molar-refractivity contribution is 5.80. The standard InChI is InChI=1S/C23H26F2N2O2/c1-15(2)29-22-6-4-3-5-17(22)14-26-8-7-20-21(26)12-23(28)27(20)13-16-9-18(24)11-19(25)10-16/h3-6,9-11,15,20-21H,7-8,12-14H2,1-2H3/t20-,21-/m0/s1. The largest absolute Gasteiger partial charge is 0.491 e. The molecule has 0 saturated carbocycles. The van der Waals surface area contributed by atoms with Crippen LogP contribution in [0, 0.1) is 11.6 Å². The third-order valence-electron chi connectivity index (χ3n) is 5.71. The smallest absolute Gasteiger partial charge is 0.224 e. The number of fused-ring (bicyclic) bond motifs is 1. The van der Waals surface area contributed by atoms with Gasteiger partial charge in [-0.1, -0.05) is 18.2 Å². The average molecular weight is 400 g/mol. The number of likely N-dealkylation sites (tertiary alicyclic amines) is 2. The van der Waals surface area contributed by atoms with Crippen molar-refractivity contribution < 1.29 is 18.3 Å². The van der Waals surface area contributed by atoms with Gasteiger partial charge in [0.05, 0.1) is 6.10 Å². The maximum absolute atomic E-state index is 13.5. The molecule has 2 aliphatic heterocycles. The number of carbonyl (C=O) groups is 1. The first-order valence-corrected chi connectivity index (χ1v) is 10.1. The van der Waals surface area contributed by atoms with Crippen LogP contribution in [0.1, 0.15) is 37.8 Å². The number of benzene rings is 2. The van der Waals surface area contributed by atoms with E-state index in [0.29, 0.717) is 12.0 Å². The van der Waals surface area contributed by atoms with Gasteiger partial charge in [0.15, 0.2) is 0 Å². The Balaban J connectivity index is 1.48. The minimum atomic E-state index is -0.613. The van der Waals surface area contributed by atoms with Gasteiger partial charge in [-0.15, -0.1) is 0 Å². The molecule has 1 amide bonds. The number of nitrogens with zero attached hydrogens (tertiary/aromatic N) is 2. The molecule has 0 aromatic heterocycles. The zero-order valence-electron chi connectivity index (χ0n) is 16.8. The summed E-state index contributed by atoms with van der Waals surface area (Å²) in [6, 6.07) is 11.7. The molecule has 0 N–H and O–H groups in total. The Labute approximate surface area is 170 Å². The van der Waals surface area contributed by atoms with E-state index < -0.39 is 11.6 Å². The van der Waals surface area contributed by atoms with Crippen molar-refractivity contribution in [1.29, 1.82) is 0 Å².